The SMILES string of the molecule is Fc1cccc2c1CC(Cc1ccccc1)N(CCNCc1ccccc1)C2. The molecule has 0 aliphatic carbocycles. The molecule has 0 fully saturated rings. The highest BCUT2D eigenvalue weighted by atomic mass is 19.1. The van der Waals surface area contributed by atoms with Crippen LogP contribution < -0.4 is 5.32 Å². The Morgan fingerprint density at radius 3 is 2.32 bits per heavy atom. The zero-order chi connectivity index (χ0) is 19.2. The van der Waals surface area contributed by atoms with Crippen LogP contribution in [0.15, 0.2) is 78.9 Å². The van der Waals surface area contributed by atoms with Gasteiger partial charge < -0.3 is 5.32 Å². The summed E-state index contributed by atoms with van der Waals surface area (Å²) >= 11 is 0. The van der Waals surface area contributed by atoms with Gasteiger partial charge in [-0.3, -0.25) is 4.90 Å². The van der Waals surface area contributed by atoms with Gasteiger partial charge in [0.25, 0.3) is 0 Å². The van der Waals surface area contributed by atoms with E-state index in [1.165, 1.54) is 11.1 Å². The van der Waals surface area contributed by atoms with Crippen LogP contribution in [-0.4, -0.2) is 24.0 Å². The molecule has 1 N–H and O–H groups in total. The van der Waals surface area contributed by atoms with Crippen molar-refractivity contribution < 1.29 is 4.39 Å². The van der Waals surface area contributed by atoms with Crippen LogP contribution >= 0.6 is 0 Å². The highest BCUT2D eigenvalue weighted by molar-refractivity contribution is 5.32. The van der Waals surface area contributed by atoms with Gasteiger partial charge in [0.15, 0.2) is 0 Å². The number of nitrogens with zero attached hydrogens (tertiary/aromatic N) is 1. The van der Waals surface area contributed by atoms with Crippen molar-refractivity contribution in [2.45, 2.75) is 32.0 Å². The van der Waals surface area contributed by atoms with Crippen molar-refractivity contribution in [2.24, 2.45) is 0 Å². The fraction of sp³-hybridized carbons (Fsp3) is 0.280. The number of hydrogen-bond donors (Lipinski definition) is 1. The van der Waals surface area contributed by atoms with Gasteiger partial charge in [0, 0.05) is 32.2 Å². The number of halogens is 1. The molecule has 144 valence electrons. The Morgan fingerprint density at radius 2 is 1.57 bits per heavy atom. The maximum absolute atomic E-state index is 14.4. The molecule has 3 aromatic rings. The molecule has 0 saturated carbocycles. The summed E-state index contributed by atoms with van der Waals surface area (Å²) in [6.45, 7) is 3.58. The van der Waals surface area contributed by atoms with Gasteiger partial charge in [0.05, 0.1) is 0 Å². The van der Waals surface area contributed by atoms with Gasteiger partial charge in [-0.05, 0) is 41.2 Å². The summed E-state index contributed by atoms with van der Waals surface area (Å²) in [5.41, 5.74) is 4.65. The van der Waals surface area contributed by atoms with Gasteiger partial charge in [-0.2, -0.15) is 0 Å². The van der Waals surface area contributed by atoms with Crippen LogP contribution in [0, 0.1) is 5.82 Å². The summed E-state index contributed by atoms with van der Waals surface area (Å²) < 4.78 is 14.4. The summed E-state index contributed by atoms with van der Waals surface area (Å²) in [7, 11) is 0. The average molecular weight is 375 g/mol. The van der Waals surface area contributed by atoms with Crippen LogP contribution in [0.4, 0.5) is 4.39 Å². The number of nitrogens with one attached hydrogen (secondary N) is 1. The van der Waals surface area contributed by atoms with Gasteiger partial charge in [0.1, 0.15) is 5.82 Å². The molecule has 1 unspecified atom stereocenters. The molecule has 1 aliphatic rings. The van der Waals surface area contributed by atoms with Crippen molar-refractivity contribution in [3.05, 3.63) is 107 Å². The van der Waals surface area contributed by atoms with Crippen LogP contribution in [0.2, 0.25) is 0 Å². The highest BCUT2D eigenvalue weighted by Gasteiger charge is 2.27. The first-order valence-electron chi connectivity index (χ1n) is 10.1. The topological polar surface area (TPSA) is 15.3 Å². The first-order chi connectivity index (χ1) is 13.8. The summed E-state index contributed by atoms with van der Waals surface area (Å²) in [6, 6.07) is 26.8. The Morgan fingerprint density at radius 1 is 0.857 bits per heavy atom. The molecule has 0 aromatic heterocycles. The zero-order valence-electron chi connectivity index (χ0n) is 16.2. The van der Waals surface area contributed by atoms with Crippen LogP contribution in [0.5, 0.6) is 0 Å². The fourth-order valence-corrected chi connectivity index (χ4v) is 4.09. The molecule has 4 rings (SSSR count). The predicted octanol–water partition coefficient (Wildman–Crippen LogP) is 4.58. The summed E-state index contributed by atoms with van der Waals surface area (Å²) in [6.07, 6.45) is 1.73. The fourth-order valence-electron chi connectivity index (χ4n) is 4.09. The standard InChI is InChI=1S/C25H27FN2/c26-25-13-7-12-22-19-28(15-14-27-18-21-10-5-2-6-11-21)23(17-24(22)25)16-20-8-3-1-4-9-20/h1-13,23,27H,14-19H2. The minimum absolute atomic E-state index is 0.0579. The number of benzene rings is 3. The molecule has 3 heteroatoms. The molecule has 0 saturated heterocycles. The zero-order valence-corrected chi connectivity index (χ0v) is 16.2. The Labute approximate surface area is 167 Å². The number of hydrogen-bond acceptors (Lipinski definition) is 2. The summed E-state index contributed by atoms with van der Waals surface area (Å²) in [5, 5.41) is 3.55. The quantitative estimate of drug-likeness (QED) is 0.609. The lowest BCUT2D eigenvalue weighted by Gasteiger charge is -2.37. The normalized spacial score (nSPS) is 16.7. The third kappa shape index (κ3) is 4.67. The van der Waals surface area contributed by atoms with Crippen LogP contribution in [0.25, 0.3) is 0 Å². The van der Waals surface area contributed by atoms with Crippen molar-refractivity contribution in [2.75, 3.05) is 13.1 Å². The molecule has 2 nitrogen and oxygen atoms in total. The molecule has 3 aromatic carbocycles. The van der Waals surface area contributed by atoms with E-state index in [0.29, 0.717) is 6.04 Å². The van der Waals surface area contributed by atoms with E-state index in [4.69, 9.17) is 0 Å². The maximum atomic E-state index is 14.4. The first kappa shape index (κ1) is 18.9. The van der Waals surface area contributed by atoms with E-state index < -0.39 is 0 Å². The minimum atomic E-state index is -0.0579. The summed E-state index contributed by atoms with van der Waals surface area (Å²) in [5.74, 6) is -0.0579. The maximum Gasteiger partial charge on any atom is 0.126 e. The van der Waals surface area contributed by atoms with Crippen molar-refractivity contribution in [1.82, 2.24) is 10.2 Å². The van der Waals surface area contributed by atoms with E-state index in [1.54, 1.807) is 6.07 Å². The monoisotopic (exact) mass is 374 g/mol. The number of fused-ring (bicyclic) bond motifs is 1. The molecule has 1 atom stereocenters. The Hall–Kier alpha value is -2.49. The van der Waals surface area contributed by atoms with Crippen molar-refractivity contribution >= 4 is 0 Å². The third-order valence-electron chi connectivity index (χ3n) is 5.61. The Bertz CT molecular complexity index is 880. The van der Waals surface area contributed by atoms with Crippen LogP contribution in [0.3, 0.4) is 0 Å². The van der Waals surface area contributed by atoms with Crippen molar-refractivity contribution in [1.29, 1.82) is 0 Å². The molecular formula is C25H27FN2. The van der Waals surface area contributed by atoms with Crippen LogP contribution in [-0.2, 0) is 25.9 Å². The lowest BCUT2D eigenvalue weighted by Crippen LogP contribution is -2.45. The molecule has 0 amide bonds. The molecule has 0 bridgehead atoms. The van der Waals surface area contributed by atoms with Gasteiger partial charge >= 0.3 is 0 Å². The van der Waals surface area contributed by atoms with E-state index in [2.05, 4.69) is 64.8 Å². The minimum Gasteiger partial charge on any atom is -0.311 e. The van der Waals surface area contributed by atoms with E-state index in [9.17, 15) is 4.39 Å². The van der Waals surface area contributed by atoms with E-state index in [0.717, 1.165) is 50.1 Å². The van der Waals surface area contributed by atoms with Gasteiger partial charge in [-0.25, -0.2) is 4.39 Å². The lowest BCUT2D eigenvalue weighted by atomic mass is 9.90. The lowest BCUT2D eigenvalue weighted by molar-refractivity contribution is 0.168. The van der Waals surface area contributed by atoms with Gasteiger partial charge in [0.2, 0.25) is 0 Å². The second-order valence-electron chi connectivity index (χ2n) is 7.56. The largest absolute Gasteiger partial charge is 0.311 e. The Balaban J connectivity index is 1.42. The van der Waals surface area contributed by atoms with E-state index in [-0.39, 0.29) is 5.82 Å². The molecule has 1 aliphatic heterocycles. The summed E-state index contributed by atoms with van der Waals surface area (Å²) in [4.78, 5) is 2.51. The van der Waals surface area contributed by atoms with E-state index in [1.807, 2.05) is 18.2 Å². The van der Waals surface area contributed by atoms with Gasteiger partial charge in [-0.15, -0.1) is 0 Å². The third-order valence-corrected chi connectivity index (χ3v) is 5.61. The average Bonchev–Trinajstić information content (AvgIpc) is 2.73. The second-order valence-corrected chi connectivity index (χ2v) is 7.56. The molecule has 0 spiro atoms. The van der Waals surface area contributed by atoms with Crippen LogP contribution in [0.1, 0.15) is 22.3 Å². The number of rotatable bonds is 7. The van der Waals surface area contributed by atoms with Crippen molar-refractivity contribution in [3.8, 4) is 0 Å². The van der Waals surface area contributed by atoms with Crippen molar-refractivity contribution in [3.63, 3.8) is 0 Å². The molecule has 28 heavy (non-hydrogen) atoms. The smallest absolute Gasteiger partial charge is 0.126 e. The molecular weight excluding hydrogens is 347 g/mol. The first-order valence-corrected chi connectivity index (χ1v) is 10.1. The second kappa shape index (κ2) is 9.13. The predicted molar refractivity (Wildman–Crippen MR) is 113 cm³/mol. The molecule has 0 radical (unpaired) electrons. The Kier molecular flexibility index (Phi) is 6.15. The van der Waals surface area contributed by atoms with E-state index >= 15 is 0 Å². The molecule has 1 heterocycles. The highest BCUT2D eigenvalue weighted by Crippen LogP contribution is 2.27. The van der Waals surface area contributed by atoms with Gasteiger partial charge in [-0.1, -0.05) is 72.8 Å².